The first-order valence-corrected chi connectivity index (χ1v) is 5.35. The van der Waals surface area contributed by atoms with Crippen molar-refractivity contribution in [1.29, 1.82) is 0 Å². The standard InChI is InChI=1S/C12H14N4O/c1-9-7-16(15-10(9)2)8-12(17)14-11-3-5-13-6-4-11/h3-7H,8H2,1-2H3,(H,13,14,17). The number of rotatable bonds is 3. The first-order chi connectivity index (χ1) is 8.15. The van der Waals surface area contributed by atoms with Gasteiger partial charge >= 0.3 is 0 Å². The number of anilines is 1. The molecule has 5 heteroatoms. The van der Waals surface area contributed by atoms with Gasteiger partial charge in [-0.1, -0.05) is 0 Å². The second kappa shape index (κ2) is 4.78. The first-order valence-electron chi connectivity index (χ1n) is 5.35. The molecule has 2 aromatic rings. The lowest BCUT2D eigenvalue weighted by molar-refractivity contribution is -0.116. The Hall–Kier alpha value is -2.17. The van der Waals surface area contributed by atoms with E-state index in [2.05, 4.69) is 15.4 Å². The second-order valence-corrected chi connectivity index (χ2v) is 3.88. The van der Waals surface area contributed by atoms with Gasteiger partial charge in [-0.25, -0.2) is 0 Å². The number of aryl methyl sites for hydroxylation is 2. The van der Waals surface area contributed by atoms with Gasteiger partial charge in [0.2, 0.25) is 5.91 Å². The van der Waals surface area contributed by atoms with E-state index in [1.54, 1.807) is 29.2 Å². The molecular formula is C12H14N4O. The molecule has 0 unspecified atom stereocenters. The monoisotopic (exact) mass is 230 g/mol. The fourth-order valence-electron chi connectivity index (χ4n) is 1.48. The molecule has 0 fully saturated rings. The van der Waals surface area contributed by atoms with E-state index in [0.29, 0.717) is 0 Å². The molecule has 0 atom stereocenters. The number of hydrogen-bond acceptors (Lipinski definition) is 3. The van der Waals surface area contributed by atoms with Crippen LogP contribution in [0, 0.1) is 13.8 Å². The molecule has 2 heterocycles. The van der Waals surface area contributed by atoms with Crippen LogP contribution >= 0.6 is 0 Å². The summed E-state index contributed by atoms with van der Waals surface area (Å²) in [4.78, 5) is 15.6. The highest BCUT2D eigenvalue weighted by atomic mass is 16.2. The highest BCUT2D eigenvalue weighted by Crippen LogP contribution is 2.05. The Kier molecular flexibility index (Phi) is 3.18. The van der Waals surface area contributed by atoms with Crippen molar-refractivity contribution in [1.82, 2.24) is 14.8 Å². The maximum Gasteiger partial charge on any atom is 0.246 e. The van der Waals surface area contributed by atoms with Crippen LogP contribution in [-0.4, -0.2) is 20.7 Å². The van der Waals surface area contributed by atoms with E-state index in [4.69, 9.17) is 0 Å². The van der Waals surface area contributed by atoms with Crippen molar-refractivity contribution >= 4 is 11.6 Å². The quantitative estimate of drug-likeness (QED) is 0.870. The number of nitrogens with one attached hydrogen (secondary N) is 1. The van der Waals surface area contributed by atoms with E-state index in [-0.39, 0.29) is 12.5 Å². The van der Waals surface area contributed by atoms with Crippen LogP contribution in [0.4, 0.5) is 5.69 Å². The Morgan fingerprint density at radius 2 is 2.06 bits per heavy atom. The number of pyridine rings is 1. The zero-order valence-electron chi connectivity index (χ0n) is 9.84. The Morgan fingerprint density at radius 1 is 1.35 bits per heavy atom. The summed E-state index contributed by atoms with van der Waals surface area (Å²) in [6.45, 7) is 4.11. The van der Waals surface area contributed by atoms with Gasteiger partial charge in [0, 0.05) is 24.3 Å². The van der Waals surface area contributed by atoms with Crippen molar-refractivity contribution < 1.29 is 4.79 Å². The van der Waals surface area contributed by atoms with Gasteiger partial charge in [-0.05, 0) is 31.5 Å². The minimum Gasteiger partial charge on any atom is -0.324 e. The van der Waals surface area contributed by atoms with Gasteiger partial charge in [-0.3, -0.25) is 14.5 Å². The minimum absolute atomic E-state index is 0.0984. The van der Waals surface area contributed by atoms with Crippen molar-refractivity contribution in [2.75, 3.05) is 5.32 Å². The van der Waals surface area contributed by atoms with Crippen LogP contribution in [0.3, 0.4) is 0 Å². The molecule has 0 aliphatic heterocycles. The van der Waals surface area contributed by atoms with E-state index in [9.17, 15) is 4.79 Å². The van der Waals surface area contributed by atoms with E-state index >= 15 is 0 Å². The van der Waals surface area contributed by atoms with Crippen LogP contribution in [-0.2, 0) is 11.3 Å². The number of aromatic nitrogens is 3. The Bertz CT molecular complexity index is 499. The Labute approximate surface area is 99.5 Å². The van der Waals surface area contributed by atoms with Crippen LogP contribution in [0.1, 0.15) is 11.3 Å². The number of carbonyl (C=O) groups excluding carboxylic acids is 1. The summed E-state index contributed by atoms with van der Waals surface area (Å²) >= 11 is 0. The third-order valence-electron chi connectivity index (χ3n) is 2.46. The molecule has 2 aromatic heterocycles. The topological polar surface area (TPSA) is 59.8 Å². The van der Waals surface area contributed by atoms with Crippen molar-refractivity contribution in [3.8, 4) is 0 Å². The third kappa shape index (κ3) is 2.90. The summed E-state index contributed by atoms with van der Waals surface area (Å²) < 4.78 is 1.64. The largest absolute Gasteiger partial charge is 0.324 e. The summed E-state index contributed by atoms with van der Waals surface area (Å²) in [7, 11) is 0. The number of amides is 1. The highest BCUT2D eigenvalue weighted by Gasteiger charge is 2.06. The molecule has 0 spiro atoms. The molecule has 1 amide bonds. The molecule has 88 valence electrons. The zero-order chi connectivity index (χ0) is 12.3. The van der Waals surface area contributed by atoms with Gasteiger partial charge < -0.3 is 5.32 Å². The molecular weight excluding hydrogens is 216 g/mol. The summed E-state index contributed by atoms with van der Waals surface area (Å²) in [6, 6.07) is 3.50. The summed E-state index contributed by atoms with van der Waals surface area (Å²) in [6.07, 6.45) is 5.14. The molecule has 2 rings (SSSR count). The lowest BCUT2D eigenvalue weighted by Gasteiger charge is -2.04. The van der Waals surface area contributed by atoms with E-state index in [1.807, 2.05) is 20.0 Å². The SMILES string of the molecule is Cc1cn(CC(=O)Nc2ccncc2)nc1C. The molecule has 0 radical (unpaired) electrons. The van der Waals surface area contributed by atoms with Crippen molar-refractivity contribution in [2.45, 2.75) is 20.4 Å². The lowest BCUT2D eigenvalue weighted by atomic mass is 10.3. The molecule has 17 heavy (non-hydrogen) atoms. The van der Waals surface area contributed by atoms with Crippen LogP contribution in [0.25, 0.3) is 0 Å². The molecule has 1 N–H and O–H groups in total. The zero-order valence-corrected chi connectivity index (χ0v) is 9.84. The third-order valence-corrected chi connectivity index (χ3v) is 2.46. The maximum atomic E-state index is 11.7. The van der Waals surface area contributed by atoms with Crippen molar-refractivity contribution in [2.24, 2.45) is 0 Å². The average molecular weight is 230 g/mol. The number of hydrogen-bond donors (Lipinski definition) is 1. The summed E-state index contributed by atoms with van der Waals surface area (Å²) in [5.41, 5.74) is 2.77. The molecule has 0 saturated carbocycles. The predicted octanol–water partition coefficient (Wildman–Crippen LogP) is 1.53. The predicted molar refractivity (Wildman–Crippen MR) is 64.6 cm³/mol. The normalized spacial score (nSPS) is 10.2. The van der Waals surface area contributed by atoms with Gasteiger partial charge in [-0.2, -0.15) is 5.10 Å². The second-order valence-electron chi connectivity index (χ2n) is 3.88. The molecule has 0 saturated heterocycles. The molecule has 0 aliphatic carbocycles. The van der Waals surface area contributed by atoms with E-state index in [0.717, 1.165) is 16.9 Å². The van der Waals surface area contributed by atoms with Crippen LogP contribution in [0.5, 0.6) is 0 Å². The molecule has 0 bridgehead atoms. The van der Waals surface area contributed by atoms with Gasteiger partial charge in [0.15, 0.2) is 0 Å². The molecule has 0 aliphatic rings. The Balaban J connectivity index is 1.98. The minimum atomic E-state index is -0.0984. The van der Waals surface area contributed by atoms with Crippen LogP contribution in [0.15, 0.2) is 30.7 Å². The van der Waals surface area contributed by atoms with E-state index < -0.39 is 0 Å². The Morgan fingerprint density at radius 3 is 2.65 bits per heavy atom. The van der Waals surface area contributed by atoms with Gasteiger partial charge in [-0.15, -0.1) is 0 Å². The maximum absolute atomic E-state index is 11.7. The highest BCUT2D eigenvalue weighted by molar-refractivity contribution is 5.90. The van der Waals surface area contributed by atoms with Crippen molar-refractivity contribution in [3.05, 3.63) is 42.0 Å². The van der Waals surface area contributed by atoms with Crippen molar-refractivity contribution in [3.63, 3.8) is 0 Å². The van der Waals surface area contributed by atoms with Crippen LogP contribution in [0.2, 0.25) is 0 Å². The average Bonchev–Trinajstić information content (AvgIpc) is 2.59. The lowest BCUT2D eigenvalue weighted by Crippen LogP contribution is -2.19. The molecule has 0 aromatic carbocycles. The van der Waals surface area contributed by atoms with Gasteiger partial charge in [0.05, 0.1) is 5.69 Å². The molecule has 5 nitrogen and oxygen atoms in total. The number of carbonyl (C=O) groups is 1. The van der Waals surface area contributed by atoms with Gasteiger partial charge in [0.1, 0.15) is 6.54 Å². The summed E-state index contributed by atoms with van der Waals surface area (Å²) in [5, 5.41) is 7.01. The van der Waals surface area contributed by atoms with Gasteiger partial charge in [0.25, 0.3) is 0 Å². The fraction of sp³-hybridized carbons (Fsp3) is 0.250. The number of nitrogens with zero attached hydrogens (tertiary/aromatic N) is 3. The smallest absolute Gasteiger partial charge is 0.246 e. The van der Waals surface area contributed by atoms with E-state index in [1.165, 1.54) is 0 Å². The summed E-state index contributed by atoms with van der Waals surface area (Å²) in [5.74, 6) is -0.0984. The van der Waals surface area contributed by atoms with Crippen LogP contribution < -0.4 is 5.32 Å². The first kappa shape index (κ1) is 11.3. The fourth-order valence-corrected chi connectivity index (χ4v) is 1.48.